The molecule has 0 radical (unpaired) electrons. The zero-order valence-corrected chi connectivity index (χ0v) is 15.6. The summed E-state index contributed by atoms with van der Waals surface area (Å²) in [4.78, 5) is 13.9. The summed E-state index contributed by atoms with van der Waals surface area (Å²) < 4.78 is 53.7. The SMILES string of the molecule is CC(C)(C)OC(=O)N1CC2CC(Oc3ccc(OC(F)F)cc3F)CC2C1. The van der Waals surface area contributed by atoms with Crippen molar-refractivity contribution in [3.8, 4) is 11.5 Å². The average Bonchev–Trinajstić information content (AvgIpc) is 3.06. The van der Waals surface area contributed by atoms with Gasteiger partial charge in [-0.25, -0.2) is 9.18 Å². The van der Waals surface area contributed by atoms with Gasteiger partial charge in [0.2, 0.25) is 0 Å². The van der Waals surface area contributed by atoms with E-state index < -0.39 is 18.0 Å². The largest absolute Gasteiger partial charge is 0.487 e. The summed E-state index contributed by atoms with van der Waals surface area (Å²) in [5.74, 6) is -0.392. The van der Waals surface area contributed by atoms with Crippen LogP contribution in [0, 0.1) is 17.7 Å². The van der Waals surface area contributed by atoms with Gasteiger partial charge >= 0.3 is 12.7 Å². The minimum absolute atomic E-state index is 0.0191. The van der Waals surface area contributed by atoms with E-state index in [1.165, 1.54) is 12.1 Å². The molecule has 27 heavy (non-hydrogen) atoms. The zero-order valence-electron chi connectivity index (χ0n) is 15.6. The fourth-order valence-corrected chi connectivity index (χ4v) is 3.75. The summed E-state index contributed by atoms with van der Waals surface area (Å²) in [5.41, 5.74) is -0.530. The van der Waals surface area contributed by atoms with E-state index in [4.69, 9.17) is 9.47 Å². The maximum absolute atomic E-state index is 14.1. The molecule has 1 heterocycles. The summed E-state index contributed by atoms with van der Waals surface area (Å²) in [6, 6.07) is 3.44. The van der Waals surface area contributed by atoms with Crippen LogP contribution in [0.2, 0.25) is 0 Å². The van der Waals surface area contributed by atoms with Gasteiger partial charge in [0.15, 0.2) is 11.6 Å². The van der Waals surface area contributed by atoms with Gasteiger partial charge in [-0.05, 0) is 57.6 Å². The van der Waals surface area contributed by atoms with Crippen LogP contribution in [0.3, 0.4) is 0 Å². The lowest BCUT2D eigenvalue weighted by Crippen LogP contribution is -2.36. The lowest BCUT2D eigenvalue weighted by Gasteiger charge is -2.25. The highest BCUT2D eigenvalue weighted by Gasteiger charge is 2.44. The molecule has 2 aliphatic rings. The molecule has 0 bridgehead atoms. The van der Waals surface area contributed by atoms with E-state index in [1.807, 2.05) is 20.8 Å². The molecule has 1 amide bonds. The predicted molar refractivity (Wildman–Crippen MR) is 91.5 cm³/mol. The van der Waals surface area contributed by atoms with Crippen LogP contribution in [-0.2, 0) is 4.74 Å². The zero-order chi connectivity index (χ0) is 19.8. The molecule has 150 valence electrons. The summed E-state index contributed by atoms with van der Waals surface area (Å²) in [5, 5.41) is 0. The first-order valence-corrected chi connectivity index (χ1v) is 8.99. The molecule has 1 aliphatic carbocycles. The van der Waals surface area contributed by atoms with Crippen molar-refractivity contribution >= 4 is 6.09 Å². The molecule has 2 atom stereocenters. The molecule has 5 nitrogen and oxygen atoms in total. The number of rotatable bonds is 4. The van der Waals surface area contributed by atoms with Crippen LogP contribution in [0.25, 0.3) is 0 Å². The molecule has 3 rings (SSSR count). The van der Waals surface area contributed by atoms with Gasteiger partial charge in [0.25, 0.3) is 0 Å². The van der Waals surface area contributed by atoms with Crippen molar-refractivity contribution in [1.82, 2.24) is 4.90 Å². The van der Waals surface area contributed by atoms with Crippen molar-refractivity contribution in [3.63, 3.8) is 0 Å². The third kappa shape index (κ3) is 4.99. The Kier molecular flexibility index (Phi) is 5.44. The van der Waals surface area contributed by atoms with Crippen molar-refractivity contribution in [3.05, 3.63) is 24.0 Å². The molecule has 0 N–H and O–H groups in total. The molecule has 1 aromatic carbocycles. The van der Waals surface area contributed by atoms with E-state index in [1.54, 1.807) is 4.90 Å². The molecule has 0 aromatic heterocycles. The quantitative estimate of drug-likeness (QED) is 0.766. The first-order chi connectivity index (χ1) is 12.6. The van der Waals surface area contributed by atoms with Gasteiger partial charge in [-0.3, -0.25) is 0 Å². The Labute approximate surface area is 156 Å². The molecule has 0 spiro atoms. The number of likely N-dealkylation sites (tertiary alicyclic amines) is 1. The maximum atomic E-state index is 14.1. The molecule has 2 fully saturated rings. The minimum Gasteiger partial charge on any atom is -0.487 e. The second-order valence-electron chi connectivity index (χ2n) is 8.09. The van der Waals surface area contributed by atoms with Gasteiger partial charge < -0.3 is 19.1 Å². The second-order valence-corrected chi connectivity index (χ2v) is 8.09. The van der Waals surface area contributed by atoms with Gasteiger partial charge in [0, 0.05) is 19.2 Å². The summed E-state index contributed by atoms with van der Waals surface area (Å²) in [6.07, 6.45) is 0.935. The molecule has 8 heteroatoms. The van der Waals surface area contributed by atoms with Crippen molar-refractivity contribution in [2.45, 2.75) is 51.9 Å². The number of alkyl halides is 2. The Morgan fingerprint density at radius 2 is 1.81 bits per heavy atom. The van der Waals surface area contributed by atoms with Crippen molar-refractivity contribution < 1.29 is 32.2 Å². The molecule has 1 saturated heterocycles. The standard InChI is InChI=1S/C19H24F3NO4/c1-19(2,3)27-18(24)23-9-11-6-14(7-12(11)10-23)25-16-5-4-13(8-15(16)20)26-17(21)22/h4-5,8,11-12,14,17H,6-7,9-10H2,1-3H3. The number of fused-ring (bicyclic) bond motifs is 1. The third-order valence-electron chi connectivity index (χ3n) is 4.78. The lowest BCUT2D eigenvalue weighted by molar-refractivity contribution is -0.0500. The predicted octanol–water partition coefficient (Wildman–Crippen LogP) is 4.45. The number of benzene rings is 1. The van der Waals surface area contributed by atoms with Crippen LogP contribution in [0.15, 0.2) is 18.2 Å². The smallest absolute Gasteiger partial charge is 0.410 e. The molecule has 2 unspecified atom stereocenters. The third-order valence-corrected chi connectivity index (χ3v) is 4.78. The number of nitrogens with zero attached hydrogens (tertiary/aromatic N) is 1. The molecular weight excluding hydrogens is 363 g/mol. The number of carbonyl (C=O) groups excluding carboxylic acids is 1. The van der Waals surface area contributed by atoms with Crippen molar-refractivity contribution in [2.24, 2.45) is 11.8 Å². The number of ether oxygens (including phenoxy) is 3. The fraction of sp³-hybridized carbons (Fsp3) is 0.632. The van der Waals surface area contributed by atoms with Crippen LogP contribution in [0.5, 0.6) is 11.5 Å². The van der Waals surface area contributed by atoms with Crippen LogP contribution in [0.1, 0.15) is 33.6 Å². The van der Waals surface area contributed by atoms with Gasteiger partial charge in [-0.1, -0.05) is 0 Å². The Hall–Kier alpha value is -2.12. The Bertz CT molecular complexity index is 678. The Morgan fingerprint density at radius 1 is 1.19 bits per heavy atom. The Balaban J connectivity index is 1.53. The highest BCUT2D eigenvalue weighted by Crippen LogP contribution is 2.40. The number of carbonyl (C=O) groups is 1. The number of halogens is 3. The maximum Gasteiger partial charge on any atom is 0.410 e. The highest BCUT2D eigenvalue weighted by molar-refractivity contribution is 5.68. The van der Waals surface area contributed by atoms with E-state index in [2.05, 4.69) is 4.74 Å². The molecule has 1 saturated carbocycles. The van der Waals surface area contributed by atoms with Crippen molar-refractivity contribution in [1.29, 1.82) is 0 Å². The van der Waals surface area contributed by atoms with Crippen LogP contribution in [-0.4, -0.2) is 42.4 Å². The molecule has 1 aliphatic heterocycles. The van der Waals surface area contributed by atoms with Crippen LogP contribution >= 0.6 is 0 Å². The van der Waals surface area contributed by atoms with Gasteiger partial charge in [0.05, 0.1) is 6.10 Å². The van der Waals surface area contributed by atoms with Crippen molar-refractivity contribution in [2.75, 3.05) is 13.1 Å². The minimum atomic E-state index is -3.00. The first kappa shape index (κ1) is 19.6. The van der Waals surface area contributed by atoms with E-state index in [0.717, 1.165) is 6.07 Å². The van der Waals surface area contributed by atoms with Gasteiger partial charge in [-0.15, -0.1) is 0 Å². The molecular formula is C19H24F3NO4. The highest BCUT2D eigenvalue weighted by atomic mass is 19.3. The van der Waals surface area contributed by atoms with Gasteiger partial charge in [-0.2, -0.15) is 8.78 Å². The normalized spacial score (nSPS) is 24.9. The fourth-order valence-electron chi connectivity index (χ4n) is 3.75. The van der Waals surface area contributed by atoms with E-state index in [0.29, 0.717) is 25.9 Å². The second kappa shape index (κ2) is 7.48. The summed E-state index contributed by atoms with van der Waals surface area (Å²) in [6.45, 7) is 3.69. The lowest BCUT2D eigenvalue weighted by atomic mass is 10.0. The number of hydrogen-bond donors (Lipinski definition) is 0. The topological polar surface area (TPSA) is 48.0 Å². The van der Waals surface area contributed by atoms with Crippen LogP contribution < -0.4 is 9.47 Å². The van der Waals surface area contributed by atoms with Crippen LogP contribution in [0.4, 0.5) is 18.0 Å². The number of hydrogen-bond acceptors (Lipinski definition) is 4. The monoisotopic (exact) mass is 387 g/mol. The summed E-state index contributed by atoms with van der Waals surface area (Å²) >= 11 is 0. The molecule has 1 aromatic rings. The Morgan fingerprint density at radius 3 is 2.33 bits per heavy atom. The van der Waals surface area contributed by atoms with Gasteiger partial charge in [0.1, 0.15) is 11.4 Å². The van der Waals surface area contributed by atoms with E-state index in [9.17, 15) is 18.0 Å². The van der Waals surface area contributed by atoms with E-state index >= 15 is 0 Å². The first-order valence-electron chi connectivity index (χ1n) is 8.99. The van der Waals surface area contributed by atoms with E-state index in [-0.39, 0.29) is 35.5 Å². The number of amides is 1. The average molecular weight is 387 g/mol. The summed E-state index contributed by atoms with van der Waals surface area (Å²) in [7, 11) is 0.